The van der Waals surface area contributed by atoms with Crippen molar-refractivity contribution >= 4 is 0 Å². The molecule has 0 bridgehead atoms. The molecule has 17 heavy (non-hydrogen) atoms. The lowest BCUT2D eigenvalue weighted by atomic mass is 10.1. The molecule has 0 radical (unpaired) electrons. The number of hydrogen-bond donors (Lipinski definition) is 1. The Hall–Kier alpha value is -1.09. The molecule has 0 fully saturated rings. The summed E-state index contributed by atoms with van der Waals surface area (Å²) < 4.78 is 19.1. The van der Waals surface area contributed by atoms with Crippen LogP contribution in [0.3, 0.4) is 0 Å². The fourth-order valence-corrected chi connectivity index (χ4v) is 1.67. The van der Waals surface area contributed by atoms with Gasteiger partial charge >= 0.3 is 0 Å². The van der Waals surface area contributed by atoms with Crippen LogP contribution < -0.4 is 4.74 Å². The minimum absolute atomic E-state index is 0.305. The summed E-state index contributed by atoms with van der Waals surface area (Å²) in [5, 5.41) is 9.31. The standard InChI is InChI=1S/C14H21FO2/c1-4-11(5-2)9-17-12-6-7-13(10(3)16)14(15)8-12/h6-8,10-11,16H,4-5,9H2,1-3H3/t10-/m0/s1. The SMILES string of the molecule is CCC(CC)COc1ccc([C@H](C)O)c(F)c1. The Labute approximate surface area is 102 Å². The molecule has 0 spiro atoms. The fraction of sp³-hybridized carbons (Fsp3) is 0.571. The van der Waals surface area contributed by atoms with Crippen molar-refractivity contribution in [2.75, 3.05) is 6.61 Å². The Bertz CT molecular complexity index is 346. The zero-order valence-electron chi connectivity index (χ0n) is 10.7. The molecule has 0 saturated heterocycles. The summed E-state index contributed by atoms with van der Waals surface area (Å²) in [6.45, 7) is 6.40. The van der Waals surface area contributed by atoms with E-state index in [1.54, 1.807) is 19.1 Å². The van der Waals surface area contributed by atoms with E-state index >= 15 is 0 Å². The molecule has 1 aromatic rings. The third-order valence-electron chi connectivity index (χ3n) is 3.06. The summed E-state index contributed by atoms with van der Waals surface area (Å²) in [4.78, 5) is 0. The molecule has 0 aliphatic carbocycles. The number of rotatable bonds is 6. The van der Waals surface area contributed by atoms with Gasteiger partial charge in [0.05, 0.1) is 12.7 Å². The maximum absolute atomic E-state index is 13.5. The van der Waals surface area contributed by atoms with Gasteiger partial charge in [-0.1, -0.05) is 26.7 Å². The van der Waals surface area contributed by atoms with E-state index < -0.39 is 11.9 Å². The van der Waals surface area contributed by atoms with E-state index in [-0.39, 0.29) is 0 Å². The van der Waals surface area contributed by atoms with Crippen LogP contribution in [0.4, 0.5) is 4.39 Å². The molecule has 0 unspecified atom stereocenters. The van der Waals surface area contributed by atoms with Crippen LogP contribution in [0.2, 0.25) is 0 Å². The Morgan fingerprint density at radius 2 is 1.94 bits per heavy atom. The van der Waals surface area contributed by atoms with E-state index in [1.165, 1.54) is 6.07 Å². The molecule has 96 valence electrons. The molecule has 0 heterocycles. The van der Waals surface area contributed by atoms with Gasteiger partial charge < -0.3 is 9.84 Å². The number of hydrogen-bond acceptors (Lipinski definition) is 2. The predicted octanol–water partition coefficient (Wildman–Crippen LogP) is 3.69. The second-order valence-electron chi connectivity index (χ2n) is 4.35. The molecule has 3 heteroatoms. The van der Waals surface area contributed by atoms with Crippen LogP contribution in [-0.4, -0.2) is 11.7 Å². The molecule has 0 amide bonds. The summed E-state index contributed by atoms with van der Waals surface area (Å²) in [5.41, 5.74) is 0.305. The van der Waals surface area contributed by atoms with Crippen molar-refractivity contribution in [2.24, 2.45) is 5.92 Å². The molecule has 1 rings (SSSR count). The zero-order valence-corrected chi connectivity index (χ0v) is 10.7. The topological polar surface area (TPSA) is 29.5 Å². The highest BCUT2D eigenvalue weighted by Gasteiger charge is 2.10. The summed E-state index contributed by atoms with van der Waals surface area (Å²) in [6, 6.07) is 4.61. The second-order valence-corrected chi connectivity index (χ2v) is 4.35. The van der Waals surface area contributed by atoms with E-state index in [0.717, 1.165) is 12.8 Å². The monoisotopic (exact) mass is 240 g/mol. The van der Waals surface area contributed by atoms with Crippen molar-refractivity contribution < 1.29 is 14.2 Å². The van der Waals surface area contributed by atoms with Crippen LogP contribution >= 0.6 is 0 Å². The predicted molar refractivity (Wildman–Crippen MR) is 66.6 cm³/mol. The zero-order chi connectivity index (χ0) is 12.8. The van der Waals surface area contributed by atoms with Gasteiger partial charge in [0, 0.05) is 11.6 Å². The fourth-order valence-electron chi connectivity index (χ4n) is 1.67. The van der Waals surface area contributed by atoms with Crippen molar-refractivity contribution in [3.8, 4) is 5.75 Å². The van der Waals surface area contributed by atoms with Gasteiger partial charge in [-0.25, -0.2) is 4.39 Å². The van der Waals surface area contributed by atoms with Gasteiger partial charge in [0.25, 0.3) is 0 Å². The number of aliphatic hydroxyl groups is 1. The summed E-state index contributed by atoms with van der Waals surface area (Å²) in [6.07, 6.45) is 1.33. The lowest BCUT2D eigenvalue weighted by Gasteiger charge is -2.14. The van der Waals surface area contributed by atoms with Gasteiger partial charge in [0.1, 0.15) is 11.6 Å². The smallest absolute Gasteiger partial charge is 0.132 e. The van der Waals surface area contributed by atoms with Crippen molar-refractivity contribution in [3.63, 3.8) is 0 Å². The number of halogens is 1. The number of ether oxygens (including phenoxy) is 1. The van der Waals surface area contributed by atoms with Crippen LogP contribution in [0.15, 0.2) is 18.2 Å². The summed E-state index contributed by atoms with van der Waals surface area (Å²) in [7, 11) is 0. The van der Waals surface area contributed by atoms with E-state index in [4.69, 9.17) is 4.74 Å². The quantitative estimate of drug-likeness (QED) is 0.821. The summed E-state index contributed by atoms with van der Waals surface area (Å²) >= 11 is 0. The number of benzene rings is 1. The lowest BCUT2D eigenvalue weighted by molar-refractivity contribution is 0.193. The van der Waals surface area contributed by atoms with Gasteiger partial charge in [-0.15, -0.1) is 0 Å². The average molecular weight is 240 g/mol. The summed E-state index contributed by atoms with van der Waals surface area (Å²) in [5.74, 6) is 0.621. The Balaban J connectivity index is 2.64. The van der Waals surface area contributed by atoms with Gasteiger partial charge in [-0.05, 0) is 25.0 Å². The average Bonchev–Trinajstić information content (AvgIpc) is 2.30. The molecule has 0 aliphatic heterocycles. The van der Waals surface area contributed by atoms with E-state index in [1.807, 2.05) is 0 Å². The first kappa shape index (κ1) is 14.0. The van der Waals surface area contributed by atoms with Gasteiger partial charge in [-0.2, -0.15) is 0 Å². The van der Waals surface area contributed by atoms with Gasteiger partial charge in [0.2, 0.25) is 0 Å². The van der Waals surface area contributed by atoms with E-state index in [0.29, 0.717) is 23.8 Å². The first-order chi connectivity index (χ1) is 8.08. The molecule has 1 N–H and O–H groups in total. The molecule has 1 aromatic carbocycles. The number of aliphatic hydroxyl groups excluding tert-OH is 1. The van der Waals surface area contributed by atoms with Crippen molar-refractivity contribution in [1.82, 2.24) is 0 Å². The van der Waals surface area contributed by atoms with Gasteiger partial charge in [-0.3, -0.25) is 0 Å². The highest BCUT2D eigenvalue weighted by molar-refractivity contribution is 5.30. The Morgan fingerprint density at radius 3 is 2.41 bits per heavy atom. The molecule has 1 atom stereocenters. The Morgan fingerprint density at radius 1 is 1.29 bits per heavy atom. The van der Waals surface area contributed by atoms with Crippen molar-refractivity contribution in [3.05, 3.63) is 29.6 Å². The lowest BCUT2D eigenvalue weighted by Crippen LogP contribution is -2.10. The van der Waals surface area contributed by atoms with Crippen LogP contribution in [0.25, 0.3) is 0 Å². The molecule has 0 saturated carbocycles. The molecular formula is C14H21FO2. The largest absolute Gasteiger partial charge is 0.493 e. The second kappa shape index (κ2) is 6.60. The van der Waals surface area contributed by atoms with Gasteiger partial charge in [0.15, 0.2) is 0 Å². The van der Waals surface area contributed by atoms with Crippen LogP contribution in [0, 0.1) is 11.7 Å². The first-order valence-corrected chi connectivity index (χ1v) is 6.18. The van der Waals surface area contributed by atoms with Crippen molar-refractivity contribution in [1.29, 1.82) is 0 Å². The van der Waals surface area contributed by atoms with E-state index in [2.05, 4.69) is 13.8 Å². The maximum Gasteiger partial charge on any atom is 0.132 e. The van der Waals surface area contributed by atoms with Crippen LogP contribution in [-0.2, 0) is 0 Å². The highest BCUT2D eigenvalue weighted by atomic mass is 19.1. The molecule has 2 nitrogen and oxygen atoms in total. The third kappa shape index (κ3) is 4.00. The molecule has 0 aliphatic rings. The minimum Gasteiger partial charge on any atom is -0.493 e. The van der Waals surface area contributed by atoms with Crippen LogP contribution in [0.5, 0.6) is 5.75 Å². The third-order valence-corrected chi connectivity index (χ3v) is 3.06. The normalized spacial score (nSPS) is 12.8. The molecule has 0 aromatic heterocycles. The van der Waals surface area contributed by atoms with Crippen molar-refractivity contribution in [2.45, 2.75) is 39.7 Å². The maximum atomic E-state index is 13.5. The van der Waals surface area contributed by atoms with E-state index in [9.17, 15) is 9.50 Å². The van der Waals surface area contributed by atoms with Crippen LogP contribution in [0.1, 0.15) is 45.3 Å². The molecular weight excluding hydrogens is 219 g/mol. The highest BCUT2D eigenvalue weighted by Crippen LogP contribution is 2.22. The minimum atomic E-state index is -0.789. The first-order valence-electron chi connectivity index (χ1n) is 6.18. The Kier molecular flexibility index (Phi) is 5.42.